The van der Waals surface area contributed by atoms with Crippen LogP contribution in [0.25, 0.3) is 0 Å². The Hall–Kier alpha value is 2.67. The van der Waals surface area contributed by atoms with Crippen molar-refractivity contribution in [1.29, 1.82) is 0 Å². The van der Waals surface area contributed by atoms with Crippen LogP contribution in [0.4, 0.5) is 0 Å². The predicted octanol–water partition coefficient (Wildman–Crippen LogP) is 1.83. The molecule has 5 heavy (non-hydrogen) atoms. The summed E-state index contributed by atoms with van der Waals surface area (Å²) in [5.41, 5.74) is 0. The summed E-state index contributed by atoms with van der Waals surface area (Å²) in [5, 5.41) is 0. The average molecular weight is 455 g/mol. The molecule has 0 radical (unpaired) electrons. The normalized spacial score (nSPS) is 9.00. The summed E-state index contributed by atoms with van der Waals surface area (Å²) >= 11 is 7.20. The molecule has 0 amide bonds. The molecule has 0 aliphatic rings. The van der Waals surface area contributed by atoms with Crippen LogP contribution in [0, 0.1) is 0 Å². The van der Waals surface area contributed by atoms with E-state index in [1.807, 2.05) is 0 Å². The van der Waals surface area contributed by atoms with Crippen molar-refractivity contribution in [2.24, 2.45) is 0 Å². The summed E-state index contributed by atoms with van der Waals surface area (Å²) < 4.78 is 0.160. The van der Waals surface area contributed by atoms with Gasteiger partial charge in [-0.1, -0.05) is 0 Å². The molecule has 37 valence electrons. The van der Waals surface area contributed by atoms with Gasteiger partial charge in [0.25, 0.3) is 0 Å². The van der Waals surface area contributed by atoms with Crippen molar-refractivity contribution < 1.29 is 9.63 Å². The van der Waals surface area contributed by atoms with Gasteiger partial charge in [-0.15, -0.1) is 0 Å². The van der Waals surface area contributed by atoms with Gasteiger partial charge in [0, 0.05) is 0 Å². The van der Waals surface area contributed by atoms with Crippen molar-refractivity contribution in [1.82, 2.24) is 0 Å². The Bertz CT molecular complexity index is 11.6. The van der Waals surface area contributed by atoms with E-state index in [4.69, 9.17) is 0 Å². The predicted molar refractivity (Wildman–Crippen MR) is 45.7 cm³/mol. The number of rotatable bonds is 0. The number of halogens is 3. The van der Waals surface area contributed by atoms with E-state index in [1.54, 1.807) is 0 Å². The van der Waals surface area contributed by atoms with Crippen LogP contribution >= 0.6 is 61.0 Å². The SMILES string of the molecule is O.[I][Fe]([I])[I]. The molecule has 0 aromatic rings. The zero-order valence-corrected chi connectivity index (χ0v) is 9.56. The molecular weight excluding hydrogens is 453 g/mol. The van der Waals surface area contributed by atoms with Gasteiger partial charge in [0.15, 0.2) is 0 Å². The van der Waals surface area contributed by atoms with Crippen molar-refractivity contribution >= 4 is 61.0 Å². The molecule has 0 atom stereocenters. The van der Waals surface area contributed by atoms with Crippen LogP contribution in [0.3, 0.4) is 0 Å². The summed E-state index contributed by atoms with van der Waals surface area (Å²) in [7, 11) is 0. The molecule has 1 nitrogen and oxygen atoms in total. The first kappa shape index (κ1) is 10.6. The van der Waals surface area contributed by atoms with Crippen LogP contribution in [0.1, 0.15) is 0 Å². The first-order chi connectivity index (χ1) is 1.73. The minimum atomic E-state index is 0. The van der Waals surface area contributed by atoms with E-state index in [-0.39, 0.29) is 9.63 Å². The molecule has 0 aliphatic carbocycles. The van der Waals surface area contributed by atoms with Gasteiger partial charge < -0.3 is 5.48 Å². The molecule has 5 heteroatoms. The van der Waals surface area contributed by atoms with Gasteiger partial charge in [0.05, 0.1) is 0 Å². The monoisotopic (exact) mass is 455 g/mol. The van der Waals surface area contributed by atoms with E-state index in [0.29, 0.717) is 0 Å². The van der Waals surface area contributed by atoms with E-state index in [2.05, 4.69) is 61.0 Å². The second kappa shape index (κ2) is 6.67. The van der Waals surface area contributed by atoms with Crippen LogP contribution in [0.15, 0.2) is 0 Å². The quantitative estimate of drug-likeness (QED) is 0.395. The second-order valence-electron chi connectivity index (χ2n) is 0.152. The fraction of sp³-hybridized carbons (Fsp3) is 0. The Labute approximate surface area is 69.1 Å². The van der Waals surface area contributed by atoms with E-state index >= 15 is 0 Å². The van der Waals surface area contributed by atoms with Crippen molar-refractivity contribution in [2.45, 2.75) is 0 Å². The summed E-state index contributed by atoms with van der Waals surface area (Å²) in [5.74, 6) is 0. The maximum absolute atomic E-state index is 2.40. The van der Waals surface area contributed by atoms with Gasteiger partial charge in [0.1, 0.15) is 0 Å². The van der Waals surface area contributed by atoms with E-state index < -0.39 is 0 Å². The van der Waals surface area contributed by atoms with E-state index in [0.717, 1.165) is 0 Å². The first-order valence-electron chi connectivity index (χ1n) is 0.401. The Kier molecular flexibility index (Phi) is 14.2. The Balaban J connectivity index is 0. The van der Waals surface area contributed by atoms with Gasteiger partial charge in [0.2, 0.25) is 0 Å². The number of hydrogen-bond acceptors (Lipinski definition) is 0. The van der Waals surface area contributed by atoms with E-state index in [9.17, 15) is 0 Å². The summed E-state index contributed by atoms with van der Waals surface area (Å²) in [6, 6.07) is 0. The van der Waals surface area contributed by atoms with Gasteiger partial charge in [-0.3, -0.25) is 0 Å². The summed E-state index contributed by atoms with van der Waals surface area (Å²) in [4.78, 5) is 0. The van der Waals surface area contributed by atoms with Crippen LogP contribution < -0.4 is 0 Å². The molecule has 0 heterocycles. The number of hydrogen-bond donors (Lipinski definition) is 0. The molecule has 0 fully saturated rings. The zero-order chi connectivity index (χ0) is 3.58. The van der Waals surface area contributed by atoms with Gasteiger partial charge in [-0.05, 0) is 0 Å². The topological polar surface area (TPSA) is 31.5 Å². The van der Waals surface area contributed by atoms with Gasteiger partial charge in [-0.25, -0.2) is 0 Å². The Morgan fingerprint density at radius 3 is 1.00 bits per heavy atom. The van der Waals surface area contributed by atoms with Crippen LogP contribution in [-0.4, -0.2) is 5.48 Å². The zero-order valence-electron chi connectivity index (χ0n) is 1.99. The molecule has 0 saturated heterocycles. The van der Waals surface area contributed by atoms with Crippen molar-refractivity contribution in [3.63, 3.8) is 0 Å². The third kappa shape index (κ3) is 20.4. The van der Waals surface area contributed by atoms with Crippen LogP contribution in [0.5, 0.6) is 0 Å². The Morgan fingerprint density at radius 2 is 1.00 bits per heavy atom. The minimum absolute atomic E-state index is 0. The second-order valence-corrected chi connectivity index (χ2v) is 28.1. The molecule has 0 saturated carbocycles. The summed E-state index contributed by atoms with van der Waals surface area (Å²) in [6.45, 7) is 0. The van der Waals surface area contributed by atoms with Crippen molar-refractivity contribution in [3.8, 4) is 0 Å². The molecule has 0 unspecified atom stereocenters. The maximum atomic E-state index is 2.40. The fourth-order valence-electron chi connectivity index (χ4n) is 0. The van der Waals surface area contributed by atoms with Crippen molar-refractivity contribution in [3.05, 3.63) is 0 Å². The van der Waals surface area contributed by atoms with Gasteiger partial charge >= 0.3 is 65.2 Å². The Morgan fingerprint density at radius 1 is 1.00 bits per heavy atom. The molecule has 0 aromatic heterocycles. The molecule has 0 aromatic carbocycles. The first-order valence-corrected chi connectivity index (χ1v) is 11.1. The third-order valence-corrected chi connectivity index (χ3v) is 0. The molecule has 0 aliphatic heterocycles. The van der Waals surface area contributed by atoms with Crippen molar-refractivity contribution in [2.75, 3.05) is 0 Å². The van der Waals surface area contributed by atoms with Crippen LogP contribution in [0.2, 0.25) is 0 Å². The van der Waals surface area contributed by atoms with Gasteiger partial charge in [-0.2, -0.15) is 0 Å². The van der Waals surface area contributed by atoms with Crippen LogP contribution in [-0.2, 0) is 4.15 Å². The molecular formula is H2FeI3O. The van der Waals surface area contributed by atoms with E-state index in [1.165, 1.54) is 0 Å². The summed E-state index contributed by atoms with van der Waals surface area (Å²) in [6.07, 6.45) is 0. The molecule has 0 bridgehead atoms. The average Bonchev–Trinajstić information content (AvgIpc) is 0.811. The molecule has 2 N–H and O–H groups in total. The standard InChI is InChI=1S/Fe.3HI.H2O/h;3*1H;1H2/q+3;;;;/p-3. The fourth-order valence-corrected chi connectivity index (χ4v) is 0. The third-order valence-electron chi connectivity index (χ3n) is 0. The molecule has 0 spiro atoms. The molecule has 0 rings (SSSR count).